The molecular weight excluding hydrogens is 202 g/mol. The van der Waals surface area contributed by atoms with E-state index in [1.807, 2.05) is 24.5 Å². The average molecular weight is 217 g/mol. The number of aldehydes is 1. The molecule has 1 aromatic rings. The molecule has 0 amide bonds. The highest BCUT2D eigenvalue weighted by Gasteiger charge is 2.22. The normalized spacial score (nSPS) is 15.7. The maximum Gasteiger partial charge on any atom is 0.151 e. The van der Waals surface area contributed by atoms with Gasteiger partial charge < -0.3 is 30.2 Å². The van der Waals surface area contributed by atoms with E-state index < -0.39 is 24.9 Å². The van der Waals surface area contributed by atoms with Gasteiger partial charge in [0.1, 0.15) is 18.3 Å². The number of aromatic amines is 1. The van der Waals surface area contributed by atoms with Crippen molar-refractivity contribution in [2.24, 2.45) is 0 Å². The molecule has 6 heteroatoms. The van der Waals surface area contributed by atoms with Crippen LogP contribution in [0.3, 0.4) is 0 Å². The molecular formula is C9H15NO5. The number of hydrogen-bond donors (Lipinski definition) is 5. The van der Waals surface area contributed by atoms with E-state index in [-0.39, 0.29) is 6.29 Å². The molecule has 0 aromatic carbocycles. The summed E-state index contributed by atoms with van der Waals surface area (Å²) in [6, 6.07) is 3.89. The second-order valence-corrected chi connectivity index (χ2v) is 2.75. The molecule has 0 saturated carbocycles. The van der Waals surface area contributed by atoms with Crippen molar-refractivity contribution < 1.29 is 25.2 Å². The van der Waals surface area contributed by atoms with Gasteiger partial charge in [0.05, 0.1) is 6.61 Å². The fourth-order valence-electron chi connectivity index (χ4n) is 0.694. The maximum atomic E-state index is 9.76. The van der Waals surface area contributed by atoms with E-state index in [2.05, 4.69) is 4.98 Å². The van der Waals surface area contributed by atoms with Crippen LogP contribution in [-0.4, -0.2) is 56.6 Å². The summed E-state index contributed by atoms with van der Waals surface area (Å²) < 4.78 is 0. The SMILES string of the molecule is O=C[C@@H](O)[C@H](O)[C@@H](O)CO.c1cc[nH]c1. The van der Waals surface area contributed by atoms with Crippen molar-refractivity contribution in [1.82, 2.24) is 4.98 Å². The third-order valence-corrected chi connectivity index (χ3v) is 1.57. The molecule has 0 unspecified atom stereocenters. The third kappa shape index (κ3) is 5.97. The molecule has 1 aromatic heterocycles. The highest BCUT2D eigenvalue weighted by Crippen LogP contribution is 1.96. The predicted molar refractivity (Wildman–Crippen MR) is 52.0 cm³/mol. The van der Waals surface area contributed by atoms with Gasteiger partial charge in [-0.15, -0.1) is 0 Å². The maximum absolute atomic E-state index is 9.76. The van der Waals surface area contributed by atoms with Crippen molar-refractivity contribution in [3.05, 3.63) is 24.5 Å². The van der Waals surface area contributed by atoms with Crippen LogP contribution >= 0.6 is 0 Å². The lowest BCUT2D eigenvalue weighted by Gasteiger charge is -2.16. The van der Waals surface area contributed by atoms with Gasteiger partial charge in [-0.25, -0.2) is 0 Å². The Bertz CT molecular complexity index is 221. The molecule has 15 heavy (non-hydrogen) atoms. The summed E-state index contributed by atoms with van der Waals surface area (Å²) in [6.45, 7) is -0.688. The van der Waals surface area contributed by atoms with Crippen molar-refractivity contribution in [3.63, 3.8) is 0 Å². The molecule has 0 bridgehead atoms. The van der Waals surface area contributed by atoms with Crippen LogP contribution in [0.15, 0.2) is 24.5 Å². The first-order valence-electron chi connectivity index (χ1n) is 4.31. The third-order valence-electron chi connectivity index (χ3n) is 1.57. The van der Waals surface area contributed by atoms with Crippen LogP contribution in [0, 0.1) is 0 Å². The molecule has 0 aliphatic rings. The monoisotopic (exact) mass is 217 g/mol. The Hall–Kier alpha value is -1.21. The Labute approximate surface area is 86.8 Å². The van der Waals surface area contributed by atoms with Crippen LogP contribution in [0.5, 0.6) is 0 Å². The Kier molecular flexibility index (Phi) is 7.47. The van der Waals surface area contributed by atoms with Gasteiger partial charge in [-0.05, 0) is 12.1 Å². The molecule has 1 heterocycles. The van der Waals surface area contributed by atoms with Crippen LogP contribution in [0.1, 0.15) is 0 Å². The number of H-pyrrole nitrogens is 1. The number of carbonyl (C=O) groups excluding carboxylic acids is 1. The van der Waals surface area contributed by atoms with Crippen LogP contribution in [0.4, 0.5) is 0 Å². The molecule has 0 radical (unpaired) electrons. The van der Waals surface area contributed by atoms with E-state index in [1.165, 1.54) is 0 Å². The Balaban J connectivity index is 0.000000322. The standard InChI is InChI=1S/C5H10O5.C4H5N/c6-1-3(8)5(10)4(9)2-7;1-2-4-5-3-1/h1,3-5,7-10H,2H2;1-5H/t3-,4+,5+;/m1./s1. The van der Waals surface area contributed by atoms with Crippen LogP contribution < -0.4 is 0 Å². The van der Waals surface area contributed by atoms with Crippen molar-refractivity contribution in [2.45, 2.75) is 18.3 Å². The van der Waals surface area contributed by atoms with Gasteiger partial charge in [-0.2, -0.15) is 0 Å². The summed E-state index contributed by atoms with van der Waals surface area (Å²) >= 11 is 0. The number of nitrogens with one attached hydrogen (secondary N) is 1. The summed E-state index contributed by atoms with van der Waals surface area (Å²) in [4.78, 5) is 12.6. The number of carbonyl (C=O) groups is 1. The van der Waals surface area contributed by atoms with E-state index in [4.69, 9.17) is 20.4 Å². The smallest absolute Gasteiger partial charge is 0.151 e. The Morgan fingerprint density at radius 2 is 1.73 bits per heavy atom. The van der Waals surface area contributed by atoms with E-state index in [0.29, 0.717) is 0 Å². The molecule has 5 N–H and O–H groups in total. The fourth-order valence-corrected chi connectivity index (χ4v) is 0.694. The van der Waals surface area contributed by atoms with E-state index >= 15 is 0 Å². The Morgan fingerprint density at radius 1 is 1.20 bits per heavy atom. The first kappa shape index (κ1) is 13.8. The second-order valence-electron chi connectivity index (χ2n) is 2.75. The lowest BCUT2D eigenvalue weighted by atomic mass is 10.1. The number of hydrogen-bond acceptors (Lipinski definition) is 5. The van der Waals surface area contributed by atoms with Gasteiger partial charge in [0.25, 0.3) is 0 Å². The van der Waals surface area contributed by atoms with Crippen molar-refractivity contribution in [2.75, 3.05) is 6.61 Å². The van der Waals surface area contributed by atoms with Gasteiger partial charge >= 0.3 is 0 Å². The van der Waals surface area contributed by atoms with Gasteiger partial charge in [-0.3, -0.25) is 0 Å². The Morgan fingerprint density at radius 3 is 2.00 bits per heavy atom. The lowest BCUT2D eigenvalue weighted by Crippen LogP contribution is -2.40. The second kappa shape index (κ2) is 8.13. The number of aliphatic hydroxyl groups excluding tert-OH is 4. The quantitative estimate of drug-likeness (QED) is 0.385. The summed E-state index contributed by atoms with van der Waals surface area (Å²) in [5, 5.41) is 34.1. The van der Waals surface area contributed by atoms with Crippen molar-refractivity contribution in [3.8, 4) is 0 Å². The lowest BCUT2D eigenvalue weighted by molar-refractivity contribution is -0.127. The minimum Gasteiger partial charge on any atom is -0.394 e. The molecule has 0 aliphatic carbocycles. The predicted octanol–water partition coefficient (Wildman–Crippen LogP) is -1.72. The summed E-state index contributed by atoms with van der Waals surface area (Å²) in [7, 11) is 0. The molecule has 3 atom stereocenters. The summed E-state index contributed by atoms with van der Waals surface area (Å²) in [6.07, 6.45) is -0.881. The van der Waals surface area contributed by atoms with Gasteiger partial charge in [0, 0.05) is 12.4 Å². The zero-order valence-electron chi connectivity index (χ0n) is 8.02. The minimum atomic E-state index is -1.64. The molecule has 86 valence electrons. The van der Waals surface area contributed by atoms with Crippen LogP contribution in [0.25, 0.3) is 0 Å². The topological polar surface area (TPSA) is 114 Å². The van der Waals surface area contributed by atoms with Crippen molar-refractivity contribution in [1.29, 1.82) is 0 Å². The highest BCUT2D eigenvalue weighted by molar-refractivity contribution is 5.56. The van der Waals surface area contributed by atoms with E-state index in [0.717, 1.165) is 0 Å². The molecule has 6 nitrogen and oxygen atoms in total. The largest absolute Gasteiger partial charge is 0.394 e. The summed E-state index contributed by atoms with van der Waals surface area (Å²) in [5.74, 6) is 0. The van der Waals surface area contributed by atoms with E-state index in [1.54, 1.807) is 0 Å². The fraction of sp³-hybridized carbons (Fsp3) is 0.444. The molecule has 0 fully saturated rings. The first-order chi connectivity index (χ1) is 7.13. The molecule has 0 saturated heterocycles. The first-order valence-corrected chi connectivity index (χ1v) is 4.31. The number of aliphatic hydroxyl groups is 4. The molecule has 0 aliphatic heterocycles. The van der Waals surface area contributed by atoms with Crippen LogP contribution in [-0.2, 0) is 4.79 Å². The zero-order chi connectivity index (χ0) is 11.7. The van der Waals surface area contributed by atoms with Crippen LogP contribution in [0.2, 0.25) is 0 Å². The van der Waals surface area contributed by atoms with Gasteiger partial charge in [-0.1, -0.05) is 0 Å². The van der Waals surface area contributed by atoms with Gasteiger partial charge in [0.2, 0.25) is 0 Å². The molecule has 0 spiro atoms. The molecule has 1 rings (SSSR count). The van der Waals surface area contributed by atoms with Crippen molar-refractivity contribution >= 4 is 6.29 Å². The summed E-state index contributed by atoms with van der Waals surface area (Å²) in [5.41, 5.74) is 0. The average Bonchev–Trinajstić information content (AvgIpc) is 2.84. The minimum absolute atomic E-state index is 0.0869. The number of rotatable bonds is 4. The zero-order valence-corrected chi connectivity index (χ0v) is 8.02. The van der Waals surface area contributed by atoms with Gasteiger partial charge in [0.15, 0.2) is 6.29 Å². The number of aromatic nitrogens is 1. The highest BCUT2D eigenvalue weighted by atomic mass is 16.4. The van der Waals surface area contributed by atoms with E-state index in [9.17, 15) is 4.79 Å².